The van der Waals surface area contributed by atoms with Crippen LogP contribution < -0.4 is 4.74 Å². The highest BCUT2D eigenvalue weighted by Gasteiger charge is 2.45. The van der Waals surface area contributed by atoms with Gasteiger partial charge in [-0.2, -0.15) is 0 Å². The number of hydrogen-bond donors (Lipinski definition) is 1. The van der Waals surface area contributed by atoms with Crippen LogP contribution >= 0.6 is 15.9 Å². The number of hydrogen-bond acceptors (Lipinski definition) is 6. The molecule has 0 bridgehead atoms. The van der Waals surface area contributed by atoms with E-state index in [4.69, 9.17) is 9.47 Å². The maximum Gasteiger partial charge on any atom is 0.295 e. The van der Waals surface area contributed by atoms with Gasteiger partial charge in [-0.05, 0) is 54.8 Å². The molecule has 4 rings (SSSR count). The maximum atomic E-state index is 13.2. The van der Waals surface area contributed by atoms with Crippen molar-refractivity contribution in [3.63, 3.8) is 0 Å². The number of rotatable bonds is 7. The van der Waals surface area contributed by atoms with E-state index in [-0.39, 0.29) is 11.3 Å². The molecule has 1 amide bonds. The molecule has 2 fully saturated rings. The van der Waals surface area contributed by atoms with Crippen LogP contribution in [-0.2, 0) is 14.3 Å². The molecule has 1 N–H and O–H groups in total. The van der Waals surface area contributed by atoms with Gasteiger partial charge in [-0.1, -0.05) is 28.1 Å². The Bertz CT molecular complexity index is 1090. The minimum Gasteiger partial charge on any atom is -0.507 e. The number of aliphatic hydroxyl groups excluding tert-OH is 1. The zero-order valence-electron chi connectivity index (χ0n) is 19.4. The average molecular weight is 529 g/mol. The van der Waals surface area contributed by atoms with Crippen molar-refractivity contribution in [3.8, 4) is 5.75 Å². The molecule has 2 aliphatic heterocycles. The van der Waals surface area contributed by atoms with Crippen molar-refractivity contribution in [1.29, 1.82) is 0 Å². The van der Waals surface area contributed by atoms with Crippen LogP contribution in [0.3, 0.4) is 0 Å². The Kier molecular flexibility index (Phi) is 7.70. The normalized spacial score (nSPS) is 20.7. The van der Waals surface area contributed by atoms with Gasteiger partial charge in [0.25, 0.3) is 11.7 Å². The van der Waals surface area contributed by atoms with E-state index in [0.29, 0.717) is 31.1 Å². The summed E-state index contributed by atoms with van der Waals surface area (Å²) in [5.74, 6) is -0.751. The summed E-state index contributed by atoms with van der Waals surface area (Å²) in [5, 5.41) is 11.3. The molecule has 8 heteroatoms. The monoisotopic (exact) mass is 528 g/mol. The molecule has 34 heavy (non-hydrogen) atoms. The van der Waals surface area contributed by atoms with Crippen LogP contribution in [0.1, 0.15) is 29.2 Å². The van der Waals surface area contributed by atoms with Crippen molar-refractivity contribution in [1.82, 2.24) is 9.80 Å². The maximum absolute atomic E-state index is 13.2. The van der Waals surface area contributed by atoms with Crippen molar-refractivity contribution in [2.24, 2.45) is 0 Å². The SMILES string of the molecule is COc1ccc(C(O)=C2C(=O)C(=O)N(CCCN3CCOCC3)[C@@H]2c2ccc(Br)cc2)c(C)c1. The third-order valence-electron chi connectivity index (χ3n) is 6.39. The van der Waals surface area contributed by atoms with E-state index in [9.17, 15) is 14.7 Å². The van der Waals surface area contributed by atoms with Crippen LogP contribution in [-0.4, -0.2) is 73.1 Å². The summed E-state index contributed by atoms with van der Waals surface area (Å²) < 4.78 is 11.6. The second-order valence-electron chi connectivity index (χ2n) is 8.53. The molecule has 0 aliphatic carbocycles. The first-order chi connectivity index (χ1) is 16.4. The Morgan fingerprint density at radius 3 is 2.47 bits per heavy atom. The van der Waals surface area contributed by atoms with Gasteiger partial charge in [0.1, 0.15) is 11.5 Å². The van der Waals surface area contributed by atoms with Crippen molar-refractivity contribution in [2.75, 3.05) is 46.5 Å². The molecule has 0 radical (unpaired) electrons. The fraction of sp³-hybridized carbons (Fsp3) is 0.385. The average Bonchev–Trinajstić information content (AvgIpc) is 3.09. The number of ether oxygens (including phenoxy) is 2. The third-order valence-corrected chi connectivity index (χ3v) is 6.92. The molecule has 180 valence electrons. The van der Waals surface area contributed by atoms with Gasteiger partial charge in [0.2, 0.25) is 0 Å². The fourth-order valence-corrected chi connectivity index (χ4v) is 4.83. The number of ketones is 1. The first-order valence-corrected chi connectivity index (χ1v) is 12.2. The minimum atomic E-state index is -0.660. The molecule has 0 saturated carbocycles. The van der Waals surface area contributed by atoms with Crippen LogP contribution in [0.2, 0.25) is 0 Å². The minimum absolute atomic E-state index is 0.118. The van der Waals surface area contributed by atoms with Crippen LogP contribution in [0.4, 0.5) is 0 Å². The predicted octanol–water partition coefficient (Wildman–Crippen LogP) is 3.91. The summed E-state index contributed by atoms with van der Waals surface area (Å²) in [6, 6.07) is 12.1. The van der Waals surface area contributed by atoms with Gasteiger partial charge in [-0.3, -0.25) is 14.5 Å². The van der Waals surface area contributed by atoms with E-state index in [0.717, 1.165) is 41.7 Å². The number of carbonyl (C=O) groups excluding carboxylic acids is 2. The summed E-state index contributed by atoms with van der Waals surface area (Å²) in [4.78, 5) is 30.2. The summed E-state index contributed by atoms with van der Waals surface area (Å²) in [6.07, 6.45) is 0.724. The number of carbonyl (C=O) groups is 2. The number of halogens is 1. The molecule has 2 saturated heterocycles. The van der Waals surface area contributed by atoms with Crippen molar-refractivity contribution in [3.05, 3.63) is 69.2 Å². The quantitative estimate of drug-likeness (QED) is 0.333. The summed E-state index contributed by atoms with van der Waals surface area (Å²) >= 11 is 3.45. The first-order valence-electron chi connectivity index (χ1n) is 11.4. The van der Waals surface area contributed by atoms with Gasteiger partial charge in [0, 0.05) is 36.2 Å². The molecule has 2 aliphatic rings. The Morgan fingerprint density at radius 1 is 1.12 bits per heavy atom. The Morgan fingerprint density at radius 2 is 1.82 bits per heavy atom. The Balaban J connectivity index is 1.69. The summed E-state index contributed by atoms with van der Waals surface area (Å²) in [5.41, 5.74) is 2.16. The lowest BCUT2D eigenvalue weighted by Crippen LogP contribution is -2.38. The number of benzene rings is 2. The molecule has 1 atom stereocenters. The molecule has 2 heterocycles. The zero-order valence-corrected chi connectivity index (χ0v) is 21.0. The number of aliphatic hydroxyl groups is 1. The molecule has 0 spiro atoms. The number of Topliss-reactive ketones (excluding diaryl/α,β-unsaturated/α-hetero) is 1. The molecule has 2 aromatic rings. The van der Waals surface area contributed by atoms with Gasteiger partial charge in [-0.25, -0.2) is 0 Å². The second-order valence-corrected chi connectivity index (χ2v) is 9.45. The van der Waals surface area contributed by atoms with Gasteiger partial charge in [0.05, 0.1) is 31.9 Å². The Hall–Kier alpha value is -2.68. The third kappa shape index (κ3) is 5.04. The molecular formula is C26H29BrN2O5. The lowest BCUT2D eigenvalue weighted by molar-refractivity contribution is -0.140. The van der Waals surface area contributed by atoms with E-state index in [2.05, 4.69) is 20.8 Å². The lowest BCUT2D eigenvalue weighted by Gasteiger charge is -2.29. The lowest BCUT2D eigenvalue weighted by atomic mass is 9.94. The van der Waals surface area contributed by atoms with Gasteiger partial charge < -0.3 is 19.5 Å². The number of amides is 1. The molecular weight excluding hydrogens is 500 g/mol. The van der Waals surface area contributed by atoms with E-state index in [1.165, 1.54) is 0 Å². The van der Waals surface area contributed by atoms with Crippen molar-refractivity contribution < 1.29 is 24.2 Å². The van der Waals surface area contributed by atoms with E-state index >= 15 is 0 Å². The topological polar surface area (TPSA) is 79.3 Å². The van der Waals surface area contributed by atoms with E-state index < -0.39 is 17.7 Å². The van der Waals surface area contributed by atoms with Crippen LogP contribution in [0.15, 0.2) is 52.5 Å². The first kappa shape index (κ1) is 24.4. The fourth-order valence-electron chi connectivity index (χ4n) is 4.57. The largest absolute Gasteiger partial charge is 0.507 e. The number of morpholine rings is 1. The van der Waals surface area contributed by atoms with Gasteiger partial charge in [0.15, 0.2) is 0 Å². The highest BCUT2D eigenvalue weighted by Crippen LogP contribution is 2.40. The van der Waals surface area contributed by atoms with Crippen molar-refractivity contribution in [2.45, 2.75) is 19.4 Å². The van der Waals surface area contributed by atoms with Crippen LogP contribution in [0.25, 0.3) is 5.76 Å². The highest BCUT2D eigenvalue weighted by atomic mass is 79.9. The summed E-state index contributed by atoms with van der Waals surface area (Å²) in [7, 11) is 1.57. The zero-order chi connectivity index (χ0) is 24.2. The number of likely N-dealkylation sites (tertiary alicyclic amines) is 1. The van der Waals surface area contributed by atoms with Crippen LogP contribution in [0, 0.1) is 6.92 Å². The number of aryl methyl sites for hydroxylation is 1. The predicted molar refractivity (Wildman–Crippen MR) is 133 cm³/mol. The van der Waals surface area contributed by atoms with Crippen molar-refractivity contribution >= 4 is 33.4 Å². The van der Waals surface area contributed by atoms with E-state index in [1.54, 1.807) is 30.2 Å². The van der Waals surface area contributed by atoms with Gasteiger partial charge >= 0.3 is 0 Å². The highest BCUT2D eigenvalue weighted by molar-refractivity contribution is 9.10. The molecule has 0 unspecified atom stereocenters. The molecule has 7 nitrogen and oxygen atoms in total. The van der Waals surface area contributed by atoms with Crippen LogP contribution in [0.5, 0.6) is 5.75 Å². The van der Waals surface area contributed by atoms with E-state index in [1.807, 2.05) is 31.2 Å². The van der Waals surface area contributed by atoms with Gasteiger partial charge in [-0.15, -0.1) is 0 Å². The number of nitrogens with zero attached hydrogens (tertiary/aromatic N) is 2. The Labute approximate surface area is 208 Å². The second kappa shape index (κ2) is 10.7. The summed E-state index contributed by atoms with van der Waals surface area (Å²) in [6.45, 7) is 6.23. The standard InChI is InChI=1S/C26H29BrN2O5/c1-17-16-20(33-2)8-9-21(17)24(30)22-23(18-4-6-19(27)7-5-18)29(26(32)25(22)31)11-3-10-28-12-14-34-15-13-28/h4-9,16,23,30H,3,10-15H2,1-2H3/t23-/m1/s1. The molecule has 0 aromatic heterocycles. The molecule has 2 aromatic carbocycles. The smallest absolute Gasteiger partial charge is 0.295 e. The number of methoxy groups -OCH3 is 1.